The Labute approximate surface area is 194 Å². The molecule has 166 valence electrons. The van der Waals surface area contributed by atoms with Crippen molar-refractivity contribution in [1.29, 1.82) is 0 Å². The second-order valence-electron chi connectivity index (χ2n) is 8.14. The molecule has 2 fully saturated rings. The molecule has 2 aliphatic heterocycles. The first-order chi connectivity index (χ1) is 15.7. The van der Waals surface area contributed by atoms with E-state index in [1.54, 1.807) is 0 Å². The number of hydrogen-bond acceptors (Lipinski definition) is 4. The van der Waals surface area contributed by atoms with Gasteiger partial charge in [0.15, 0.2) is 5.11 Å². The quantitative estimate of drug-likeness (QED) is 0.540. The lowest BCUT2D eigenvalue weighted by molar-refractivity contribution is 0.0836. The number of pyridine rings is 1. The maximum atomic E-state index is 5.96. The van der Waals surface area contributed by atoms with Gasteiger partial charge in [0.1, 0.15) is 5.75 Å². The largest absolute Gasteiger partial charge is 0.494 e. The number of ether oxygens (including phenoxy) is 2. The maximum Gasteiger partial charge on any atom is 0.170 e. The molecule has 1 aromatic carbocycles. The molecule has 32 heavy (non-hydrogen) atoms. The van der Waals surface area contributed by atoms with Crippen LogP contribution in [-0.4, -0.2) is 45.4 Å². The number of nitrogens with one attached hydrogen (secondary N) is 1. The van der Waals surface area contributed by atoms with Gasteiger partial charge in [0.25, 0.3) is 0 Å². The summed E-state index contributed by atoms with van der Waals surface area (Å²) in [6, 6.07) is 18.5. The van der Waals surface area contributed by atoms with E-state index in [-0.39, 0.29) is 18.2 Å². The number of thiocarbonyl (C=S) groups is 1. The Kier molecular flexibility index (Phi) is 6.10. The summed E-state index contributed by atoms with van der Waals surface area (Å²) in [4.78, 5) is 6.93. The zero-order chi connectivity index (χ0) is 21.9. The van der Waals surface area contributed by atoms with Gasteiger partial charge in [-0.2, -0.15) is 0 Å². The first-order valence-corrected chi connectivity index (χ1v) is 11.7. The Morgan fingerprint density at radius 1 is 1.16 bits per heavy atom. The molecular weight excluding hydrogens is 420 g/mol. The minimum atomic E-state index is -0.0403. The Bertz CT molecular complexity index is 1050. The molecule has 0 saturated carbocycles. The number of rotatable bonds is 7. The summed E-state index contributed by atoms with van der Waals surface area (Å²) in [5.41, 5.74) is 3.23. The zero-order valence-corrected chi connectivity index (χ0v) is 19.0. The minimum absolute atomic E-state index is 0.00293. The molecule has 2 aliphatic rings. The van der Waals surface area contributed by atoms with Crippen molar-refractivity contribution < 1.29 is 9.47 Å². The van der Waals surface area contributed by atoms with Crippen LogP contribution in [0.5, 0.6) is 5.75 Å². The molecule has 5 rings (SSSR count). The van der Waals surface area contributed by atoms with Crippen molar-refractivity contribution in [3.05, 3.63) is 78.4 Å². The van der Waals surface area contributed by atoms with Gasteiger partial charge in [0, 0.05) is 36.9 Å². The second-order valence-corrected chi connectivity index (χ2v) is 8.53. The average Bonchev–Trinajstić information content (AvgIpc) is 3.57. The third-order valence-electron chi connectivity index (χ3n) is 6.13. The second kappa shape index (κ2) is 9.30. The van der Waals surface area contributed by atoms with Crippen LogP contribution in [-0.2, 0) is 4.74 Å². The van der Waals surface area contributed by atoms with E-state index in [9.17, 15) is 0 Å². The highest BCUT2D eigenvalue weighted by atomic mass is 32.1. The van der Waals surface area contributed by atoms with E-state index in [1.165, 1.54) is 0 Å². The van der Waals surface area contributed by atoms with Crippen LogP contribution in [0.2, 0.25) is 0 Å². The summed E-state index contributed by atoms with van der Waals surface area (Å²) in [6.07, 6.45) is 6.32. The molecular formula is C25H28N4O2S. The van der Waals surface area contributed by atoms with Gasteiger partial charge in [-0.15, -0.1) is 0 Å². The van der Waals surface area contributed by atoms with Gasteiger partial charge in [-0.3, -0.25) is 4.98 Å². The Hall–Kier alpha value is -2.90. The molecule has 2 saturated heterocycles. The van der Waals surface area contributed by atoms with E-state index in [0.717, 1.165) is 53.9 Å². The molecule has 6 nitrogen and oxygen atoms in total. The topological polar surface area (TPSA) is 51.5 Å². The van der Waals surface area contributed by atoms with Crippen LogP contribution < -0.4 is 10.1 Å². The molecule has 0 radical (unpaired) electrons. The summed E-state index contributed by atoms with van der Waals surface area (Å²) in [5.74, 6) is 0.875. The maximum absolute atomic E-state index is 5.96. The van der Waals surface area contributed by atoms with Crippen molar-refractivity contribution in [2.75, 3.05) is 19.8 Å². The van der Waals surface area contributed by atoms with Crippen LogP contribution in [0.1, 0.15) is 43.2 Å². The standard InChI is InChI=1S/C25H28N4O2S/c1-2-30-19-12-10-18(11-13-19)28-15-5-9-22(28)24-23(21-8-3-4-14-26-21)27-25(32)29(24)17-20-7-6-16-31-20/h3-5,8-15,20,23-24H,2,6-7,16-17H2,1H3,(H,27,32)/t20-,23-,24-/m0/s1. The van der Waals surface area contributed by atoms with Crippen LogP contribution >= 0.6 is 12.2 Å². The fourth-order valence-corrected chi connectivity index (χ4v) is 4.99. The Morgan fingerprint density at radius 3 is 2.75 bits per heavy atom. The normalized spacial score (nSPS) is 22.8. The van der Waals surface area contributed by atoms with Gasteiger partial charge < -0.3 is 24.3 Å². The average molecular weight is 449 g/mol. The van der Waals surface area contributed by atoms with Gasteiger partial charge in [-0.1, -0.05) is 6.07 Å². The third-order valence-corrected chi connectivity index (χ3v) is 6.48. The molecule has 3 aromatic rings. The highest BCUT2D eigenvalue weighted by Crippen LogP contribution is 2.40. The number of nitrogens with zero attached hydrogens (tertiary/aromatic N) is 3. The summed E-state index contributed by atoms with van der Waals surface area (Å²) in [6.45, 7) is 4.25. The molecule has 0 aliphatic carbocycles. The molecule has 7 heteroatoms. The van der Waals surface area contributed by atoms with Gasteiger partial charge in [0.05, 0.1) is 30.5 Å². The van der Waals surface area contributed by atoms with Crippen LogP contribution in [0.15, 0.2) is 67.0 Å². The molecule has 0 unspecified atom stereocenters. The first-order valence-electron chi connectivity index (χ1n) is 11.2. The highest BCUT2D eigenvalue weighted by molar-refractivity contribution is 7.80. The molecule has 4 heterocycles. The molecule has 0 amide bonds. The van der Waals surface area contributed by atoms with E-state index in [4.69, 9.17) is 21.7 Å². The number of benzene rings is 1. The Morgan fingerprint density at radius 2 is 2.03 bits per heavy atom. The molecule has 3 atom stereocenters. The van der Waals surface area contributed by atoms with Crippen molar-refractivity contribution in [3.8, 4) is 11.4 Å². The summed E-state index contributed by atoms with van der Waals surface area (Å²) in [7, 11) is 0. The van der Waals surface area contributed by atoms with Crippen LogP contribution in [0.25, 0.3) is 5.69 Å². The van der Waals surface area contributed by atoms with E-state index in [1.807, 2.05) is 37.4 Å². The monoisotopic (exact) mass is 448 g/mol. The predicted molar refractivity (Wildman–Crippen MR) is 128 cm³/mol. The molecule has 1 N–H and O–H groups in total. The molecule has 0 spiro atoms. The van der Waals surface area contributed by atoms with Gasteiger partial charge in [-0.25, -0.2) is 0 Å². The molecule has 2 aromatic heterocycles. The van der Waals surface area contributed by atoms with Crippen molar-refractivity contribution in [2.24, 2.45) is 0 Å². The zero-order valence-electron chi connectivity index (χ0n) is 18.2. The van der Waals surface area contributed by atoms with Gasteiger partial charge >= 0.3 is 0 Å². The van der Waals surface area contributed by atoms with Crippen molar-refractivity contribution >= 4 is 17.3 Å². The third kappa shape index (κ3) is 4.10. The predicted octanol–water partition coefficient (Wildman–Crippen LogP) is 4.42. The lowest BCUT2D eigenvalue weighted by Gasteiger charge is -2.30. The summed E-state index contributed by atoms with van der Waals surface area (Å²) >= 11 is 5.81. The summed E-state index contributed by atoms with van der Waals surface area (Å²) in [5, 5.41) is 4.29. The van der Waals surface area contributed by atoms with Gasteiger partial charge in [-0.05, 0) is 80.5 Å². The molecule has 0 bridgehead atoms. The SMILES string of the molecule is CCOc1ccc(-n2cccc2[C@H]2[C@H](c3ccccn3)NC(=S)N2C[C@@H]2CCCO2)cc1. The van der Waals surface area contributed by atoms with Crippen molar-refractivity contribution in [3.63, 3.8) is 0 Å². The number of hydrogen-bond donors (Lipinski definition) is 1. The Balaban J connectivity index is 1.53. The highest BCUT2D eigenvalue weighted by Gasteiger charge is 2.42. The fourth-order valence-electron chi connectivity index (χ4n) is 4.67. The lowest BCUT2D eigenvalue weighted by atomic mass is 10.0. The van der Waals surface area contributed by atoms with Crippen LogP contribution in [0.3, 0.4) is 0 Å². The van der Waals surface area contributed by atoms with E-state index in [0.29, 0.717) is 6.61 Å². The smallest absolute Gasteiger partial charge is 0.170 e. The van der Waals surface area contributed by atoms with E-state index < -0.39 is 0 Å². The minimum Gasteiger partial charge on any atom is -0.494 e. The van der Waals surface area contributed by atoms with Crippen molar-refractivity contribution in [1.82, 2.24) is 19.8 Å². The first kappa shape index (κ1) is 21.0. The fraction of sp³-hybridized carbons (Fsp3) is 0.360. The lowest BCUT2D eigenvalue weighted by Crippen LogP contribution is -2.36. The van der Waals surface area contributed by atoms with Crippen LogP contribution in [0.4, 0.5) is 0 Å². The number of aromatic nitrogens is 2. The summed E-state index contributed by atoms with van der Waals surface area (Å²) < 4.78 is 13.8. The van der Waals surface area contributed by atoms with E-state index >= 15 is 0 Å². The van der Waals surface area contributed by atoms with E-state index in [2.05, 4.69) is 56.3 Å². The van der Waals surface area contributed by atoms with Gasteiger partial charge in [0.2, 0.25) is 0 Å². The van der Waals surface area contributed by atoms with Crippen molar-refractivity contribution in [2.45, 2.75) is 38.0 Å². The van der Waals surface area contributed by atoms with Crippen LogP contribution in [0, 0.1) is 0 Å².